The first kappa shape index (κ1) is 25.4. The number of anilines is 2. The summed E-state index contributed by atoms with van der Waals surface area (Å²) in [7, 11) is 0. The van der Waals surface area contributed by atoms with Crippen molar-refractivity contribution in [1.29, 1.82) is 0 Å². The molecular formula is C29H30FN9O2. The third-order valence-electron chi connectivity index (χ3n) is 8.12. The average molecular weight is 556 g/mol. The smallest absolute Gasteiger partial charge is 0.259 e. The molecule has 210 valence electrons. The van der Waals surface area contributed by atoms with Crippen LogP contribution in [-0.4, -0.2) is 60.7 Å². The molecule has 0 bridgehead atoms. The number of carbonyl (C=O) groups excluding carboxylic acids is 2. The highest BCUT2D eigenvalue weighted by Gasteiger charge is 2.49. The Hall–Kier alpha value is -4.61. The van der Waals surface area contributed by atoms with Crippen molar-refractivity contribution in [2.75, 3.05) is 29.9 Å². The summed E-state index contributed by atoms with van der Waals surface area (Å²) in [6.07, 6.45) is 8.00. The van der Waals surface area contributed by atoms with Crippen LogP contribution in [0.15, 0.2) is 49.2 Å². The van der Waals surface area contributed by atoms with E-state index in [2.05, 4.69) is 35.7 Å². The van der Waals surface area contributed by atoms with Crippen LogP contribution in [0, 0.1) is 11.2 Å². The van der Waals surface area contributed by atoms with Gasteiger partial charge in [-0.3, -0.25) is 9.59 Å². The van der Waals surface area contributed by atoms with Crippen LogP contribution in [0.2, 0.25) is 0 Å². The highest BCUT2D eigenvalue weighted by atomic mass is 19.1. The van der Waals surface area contributed by atoms with Gasteiger partial charge in [0.2, 0.25) is 5.91 Å². The van der Waals surface area contributed by atoms with Crippen molar-refractivity contribution in [3.05, 3.63) is 66.3 Å². The second-order valence-electron chi connectivity index (χ2n) is 11.6. The lowest BCUT2D eigenvalue weighted by atomic mass is 9.78. The molecular weight excluding hydrogens is 525 g/mol. The van der Waals surface area contributed by atoms with Gasteiger partial charge in [0.15, 0.2) is 5.82 Å². The minimum atomic E-state index is -0.638. The minimum absolute atomic E-state index is 0.0499. The van der Waals surface area contributed by atoms with Crippen molar-refractivity contribution in [1.82, 2.24) is 34.6 Å². The third-order valence-corrected chi connectivity index (χ3v) is 8.12. The van der Waals surface area contributed by atoms with E-state index in [4.69, 9.17) is 0 Å². The monoisotopic (exact) mass is 555 g/mol. The molecule has 2 amide bonds. The van der Waals surface area contributed by atoms with Crippen LogP contribution in [0.25, 0.3) is 17.2 Å². The van der Waals surface area contributed by atoms with Crippen LogP contribution in [0.4, 0.5) is 15.9 Å². The Morgan fingerprint density at radius 2 is 2.00 bits per heavy atom. The van der Waals surface area contributed by atoms with Gasteiger partial charge in [-0.15, -0.1) is 10.2 Å². The summed E-state index contributed by atoms with van der Waals surface area (Å²) in [4.78, 5) is 36.4. The van der Waals surface area contributed by atoms with E-state index >= 15 is 4.39 Å². The van der Waals surface area contributed by atoms with Crippen molar-refractivity contribution in [2.45, 2.75) is 45.1 Å². The highest BCUT2D eigenvalue weighted by molar-refractivity contribution is 6.05. The summed E-state index contributed by atoms with van der Waals surface area (Å²) >= 11 is 0. The van der Waals surface area contributed by atoms with Gasteiger partial charge >= 0.3 is 0 Å². The molecule has 0 atom stereocenters. The summed E-state index contributed by atoms with van der Waals surface area (Å²) in [6.45, 7) is 5.91. The van der Waals surface area contributed by atoms with Crippen molar-refractivity contribution in [3.8, 4) is 17.2 Å². The number of nitrogens with zero attached hydrogens (tertiary/aromatic N) is 7. The van der Waals surface area contributed by atoms with E-state index in [1.165, 1.54) is 6.07 Å². The van der Waals surface area contributed by atoms with E-state index in [1.54, 1.807) is 36.9 Å². The van der Waals surface area contributed by atoms with E-state index < -0.39 is 11.7 Å². The maximum atomic E-state index is 15.6. The van der Waals surface area contributed by atoms with Crippen molar-refractivity contribution in [2.24, 2.45) is 5.41 Å². The highest BCUT2D eigenvalue weighted by Crippen LogP contribution is 2.43. The van der Waals surface area contributed by atoms with Crippen molar-refractivity contribution >= 4 is 23.3 Å². The van der Waals surface area contributed by atoms with Gasteiger partial charge in [-0.05, 0) is 44.9 Å². The number of hydrogen-bond acceptors (Lipinski definition) is 7. The fraction of sp³-hybridized carbons (Fsp3) is 0.379. The van der Waals surface area contributed by atoms with Crippen molar-refractivity contribution < 1.29 is 14.0 Å². The molecule has 3 fully saturated rings. The molecule has 2 N–H and O–H groups in total. The molecule has 0 unspecified atom stereocenters. The number of amides is 2. The Labute approximate surface area is 235 Å². The quantitative estimate of drug-likeness (QED) is 0.357. The number of benzene rings is 1. The zero-order chi connectivity index (χ0) is 28.3. The fourth-order valence-corrected chi connectivity index (χ4v) is 5.77. The number of rotatable bonds is 7. The molecule has 1 aromatic carbocycles. The fourth-order valence-electron chi connectivity index (χ4n) is 5.77. The number of nitrogens with one attached hydrogen (secondary N) is 2. The number of aromatic nitrogens is 6. The molecule has 1 aliphatic carbocycles. The van der Waals surface area contributed by atoms with Crippen LogP contribution in [0.3, 0.4) is 0 Å². The van der Waals surface area contributed by atoms with Crippen molar-refractivity contribution in [3.63, 3.8) is 0 Å². The normalized spacial score (nSPS) is 17.7. The van der Waals surface area contributed by atoms with E-state index in [0.717, 1.165) is 18.5 Å². The summed E-state index contributed by atoms with van der Waals surface area (Å²) in [6, 6.07) is 8.30. The van der Waals surface area contributed by atoms with Crippen LogP contribution in [-0.2, 0) is 4.79 Å². The lowest BCUT2D eigenvalue weighted by Gasteiger charge is -2.49. The van der Waals surface area contributed by atoms with Gasteiger partial charge in [0.1, 0.15) is 23.7 Å². The topological polar surface area (TPSA) is 123 Å². The van der Waals surface area contributed by atoms with Gasteiger partial charge in [-0.2, -0.15) is 0 Å². The summed E-state index contributed by atoms with van der Waals surface area (Å²) in [5.41, 5.74) is 2.63. The van der Waals surface area contributed by atoms with Gasteiger partial charge in [0.25, 0.3) is 5.91 Å². The minimum Gasteiger partial charge on any atom is -0.368 e. The first-order valence-electron chi connectivity index (χ1n) is 13.9. The van der Waals surface area contributed by atoms with Gasteiger partial charge < -0.3 is 24.7 Å². The number of imidazole rings is 1. The predicted octanol–water partition coefficient (Wildman–Crippen LogP) is 3.70. The molecule has 1 spiro atoms. The zero-order valence-corrected chi connectivity index (χ0v) is 22.8. The Morgan fingerprint density at radius 1 is 1.17 bits per heavy atom. The molecule has 2 aliphatic heterocycles. The third kappa shape index (κ3) is 4.62. The van der Waals surface area contributed by atoms with E-state index in [9.17, 15) is 9.59 Å². The van der Waals surface area contributed by atoms with Crippen LogP contribution in [0.1, 0.15) is 61.1 Å². The Kier molecular flexibility index (Phi) is 5.87. The zero-order valence-electron chi connectivity index (χ0n) is 22.8. The molecule has 12 heteroatoms. The number of halogens is 1. The second-order valence-corrected chi connectivity index (χ2v) is 11.6. The molecule has 3 aliphatic rings. The standard InChI is InChI=1S/C29H30FN9O2/c1-17(2)39-16-33-36-27(39)21-4-3-5-25(34-21)35-28(41)19-8-23(37-11-22(32-15-37)18-6-7-18)24(9-20(19)30)38-13-29(14-38)10-26(40)31-12-29/h3-5,8-9,11,15-18H,6-7,10,12-14H2,1-2H3,(H,31,40)(H,34,35,41). The Morgan fingerprint density at radius 3 is 2.73 bits per heavy atom. The molecule has 4 aromatic rings. The molecule has 5 heterocycles. The van der Waals surface area contributed by atoms with Crippen LogP contribution >= 0.6 is 0 Å². The number of hydrogen-bond donors (Lipinski definition) is 2. The Bertz CT molecular complexity index is 1670. The maximum absolute atomic E-state index is 15.6. The lowest BCUT2D eigenvalue weighted by Crippen LogP contribution is -2.57. The van der Waals surface area contributed by atoms with Gasteiger partial charge in [0.05, 0.1) is 29.0 Å². The van der Waals surface area contributed by atoms with Gasteiger partial charge in [0, 0.05) is 55.7 Å². The average Bonchev–Trinajstić information content (AvgIpc) is 3.30. The van der Waals surface area contributed by atoms with Gasteiger partial charge in [-0.25, -0.2) is 14.4 Å². The second kappa shape index (κ2) is 9.50. The van der Waals surface area contributed by atoms with Crippen LogP contribution < -0.4 is 15.5 Å². The summed E-state index contributed by atoms with van der Waals surface area (Å²) in [5.74, 6) is 0.101. The van der Waals surface area contributed by atoms with E-state index in [-0.39, 0.29) is 28.7 Å². The predicted molar refractivity (Wildman–Crippen MR) is 149 cm³/mol. The molecule has 2 saturated heterocycles. The SMILES string of the molecule is CC(C)n1cnnc1-c1cccc(NC(=O)c2cc(-n3cnc(C4CC4)c3)c(N3CC4(CNC(=O)C4)C3)cc2F)n1. The first-order chi connectivity index (χ1) is 19.8. The largest absolute Gasteiger partial charge is 0.368 e. The molecule has 0 radical (unpaired) electrons. The van der Waals surface area contributed by atoms with E-state index in [1.807, 2.05) is 29.2 Å². The molecule has 3 aromatic heterocycles. The lowest BCUT2D eigenvalue weighted by molar-refractivity contribution is -0.119. The molecule has 1 saturated carbocycles. The van der Waals surface area contributed by atoms with Gasteiger partial charge in [-0.1, -0.05) is 6.07 Å². The Balaban J connectivity index is 1.19. The van der Waals surface area contributed by atoms with Crippen LogP contribution in [0.5, 0.6) is 0 Å². The summed E-state index contributed by atoms with van der Waals surface area (Å²) in [5, 5.41) is 13.8. The summed E-state index contributed by atoms with van der Waals surface area (Å²) < 4.78 is 19.4. The van der Waals surface area contributed by atoms with E-state index in [0.29, 0.717) is 54.9 Å². The molecule has 7 rings (SSSR count). The molecule has 41 heavy (non-hydrogen) atoms. The number of pyridine rings is 1. The number of carbonyl (C=O) groups is 2. The maximum Gasteiger partial charge on any atom is 0.259 e. The molecule has 11 nitrogen and oxygen atoms in total. The first-order valence-corrected chi connectivity index (χ1v) is 13.9.